The highest BCUT2D eigenvalue weighted by Gasteiger charge is 2.15. The van der Waals surface area contributed by atoms with Crippen LogP contribution in [0.3, 0.4) is 0 Å². The van der Waals surface area contributed by atoms with E-state index in [1.54, 1.807) is 4.90 Å². The third kappa shape index (κ3) is 1.55. The molecule has 0 aliphatic heterocycles. The maximum Gasteiger partial charge on any atom is 0.232 e. The number of fused-ring (bicyclic) bond motifs is 1. The van der Waals surface area contributed by atoms with Gasteiger partial charge in [0.15, 0.2) is 0 Å². The molecule has 0 amide bonds. The monoisotopic (exact) mass is 225 g/mol. The van der Waals surface area contributed by atoms with Crippen LogP contribution in [0.4, 0.5) is 5.95 Å². The van der Waals surface area contributed by atoms with Gasteiger partial charge in [-0.15, -0.1) is 0 Å². The third-order valence-corrected chi connectivity index (χ3v) is 2.65. The fraction of sp³-hybridized carbons (Fsp3) is 0.400. The fourth-order valence-electron chi connectivity index (χ4n) is 1.39. The van der Waals surface area contributed by atoms with E-state index < -0.39 is 0 Å². The molecule has 0 spiro atoms. The lowest BCUT2D eigenvalue weighted by Crippen LogP contribution is -2.12. The highest BCUT2D eigenvalue weighted by Crippen LogP contribution is 2.29. The van der Waals surface area contributed by atoms with Gasteiger partial charge in [-0.25, -0.2) is 4.98 Å². The van der Waals surface area contributed by atoms with E-state index >= 15 is 0 Å². The molecule has 0 saturated heterocycles. The highest BCUT2D eigenvalue weighted by atomic mass is 35.5. The number of halogens is 1. The SMILES string of the molecule is Cc1oc2nc(N(C)C)nc(Cl)c2c1C. The second-order valence-corrected chi connectivity index (χ2v) is 4.03. The van der Waals surface area contributed by atoms with Gasteiger partial charge in [-0.3, -0.25) is 0 Å². The minimum absolute atomic E-state index is 0.443. The third-order valence-electron chi connectivity index (χ3n) is 2.37. The molecular weight excluding hydrogens is 214 g/mol. The summed E-state index contributed by atoms with van der Waals surface area (Å²) in [6, 6.07) is 0. The van der Waals surface area contributed by atoms with Crippen LogP contribution in [0.5, 0.6) is 0 Å². The number of rotatable bonds is 1. The maximum absolute atomic E-state index is 6.09. The molecule has 0 aromatic carbocycles. The zero-order valence-corrected chi connectivity index (χ0v) is 9.88. The van der Waals surface area contributed by atoms with Crippen LogP contribution < -0.4 is 4.90 Å². The first-order valence-electron chi connectivity index (χ1n) is 4.61. The summed E-state index contributed by atoms with van der Waals surface area (Å²) in [5.74, 6) is 1.39. The molecule has 0 unspecified atom stereocenters. The van der Waals surface area contributed by atoms with Gasteiger partial charge in [-0.1, -0.05) is 11.6 Å². The molecule has 4 nitrogen and oxygen atoms in total. The predicted octanol–water partition coefficient (Wildman–Crippen LogP) is 2.56. The number of aryl methyl sites for hydroxylation is 2. The summed E-state index contributed by atoms with van der Waals surface area (Å²) >= 11 is 6.09. The summed E-state index contributed by atoms with van der Waals surface area (Å²) in [5.41, 5.74) is 1.55. The topological polar surface area (TPSA) is 42.2 Å². The van der Waals surface area contributed by atoms with Crippen molar-refractivity contribution in [2.75, 3.05) is 19.0 Å². The van der Waals surface area contributed by atoms with Crippen molar-refractivity contribution in [3.63, 3.8) is 0 Å². The van der Waals surface area contributed by atoms with Gasteiger partial charge in [-0.05, 0) is 13.8 Å². The molecule has 2 heterocycles. The zero-order chi connectivity index (χ0) is 11.2. The predicted molar refractivity (Wildman–Crippen MR) is 60.6 cm³/mol. The van der Waals surface area contributed by atoms with Gasteiger partial charge in [0, 0.05) is 19.7 Å². The first-order valence-corrected chi connectivity index (χ1v) is 4.99. The van der Waals surface area contributed by atoms with Gasteiger partial charge >= 0.3 is 0 Å². The van der Waals surface area contributed by atoms with Crippen LogP contribution in [0.15, 0.2) is 4.42 Å². The quantitative estimate of drug-likeness (QED) is 0.700. The van der Waals surface area contributed by atoms with Crippen molar-refractivity contribution >= 4 is 28.6 Å². The molecule has 2 aromatic rings. The van der Waals surface area contributed by atoms with Crippen molar-refractivity contribution in [3.05, 3.63) is 16.5 Å². The molecule has 80 valence electrons. The van der Waals surface area contributed by atoms with Crippen LogP contribution in [-0.4, -0.2) is 24.1 Å². The first kappa shape index (κ1) is 10.2. The Balaban J connectivity index is 2.78. The summed E-state index contributed by atoms with van der Waals surface area (Å²) in [4.78, 5) is 10.3. The van der Waals surface area contributed by atoms with Gasteiger partial charge in [0.1, 0.15) is 10.9 Å². The van der Waals surface area contributed by atoms with Crippen LogP contribution in [-0.2, 0) is 0 Å². The second-order valence-electron chi connectivity index (χ2n) is 3.67. The number of furan rings is 1. The largest absolute Gasteiger partial charge is 0.443 e. The number of nitrogens with zero attached hydrogens (tertiary/aromatic N) is 3. The summed E-state index contributed by atoms with van der Waals surface area (Å²) in [6.07, 6.45) is 0. The molecule has 0 radical (unpaired) electrons. The molecule has 0 atom stereocenters. The maximum atomic E-state index is 6.09. The van der Waals surface area contributed by atoms with E-state index in [4.69, 9.17) is 16.0 Å². The Labute approximate surface area is 92.9 Å². The standard InChI is InChI=1S/C10H12ClN3O/c1-5-6(2)15-9-7(5)8(11)12-10(13-9)14(3)4/h1-4H3. The Morgan fingerprint density at radius 1 is 1.20 bits per heavy atom. The number of hydrogen-bond acceptors (Lipinski definition) is 4. The Kier molecular flexibility index (Phi) is 2.31. The lowest BCUT2D eigenvalue weighted by atomic mass is 10.2. The van der Waals surface area contributed by atoms with Crippen molar-refractivity contribution in [1.82, 2.24) is 9.97 Å². The van der Waals surface area contributed by atoms with Crippen LogP contribution in [0.1, 0.15) is 11.3 Å². The van der Waals surface area contributed by atoms with Gasteiger partial charge in [0.05, 0.1) is 5.39 Å². The van der Waals surface area contributed by atoms with Gasteiger partial charge in [0.25, 0.3) is 0 Å². The van der Waals surface area contributed by atoms with Crippen LogP contribution in [0.2, 0.25) is 5.15 Å². The normalized spacial score (nSPS) is 11.0. The molecule has 0 aliphatic rings. The molecule has 15 heavy (non-hydrogen) atoms. The fourth-order valence-corrected chi connectivity index (χ4v) is 1.69. The Morgan fingerprint density at radius 3 is 2.47 bits per heavy atom. The second kappa shape index (κ2) is 3.38. The number of anilines is 1. The molecular formula is C10H12ClN3O. The van der Waals surface area contributed by atoms with Crippen LogP contribution in [0, 0.1) is 13.8 Å². The van der Waals surface area contributed by atoms with Gasteiger partial charge in [0.2, 0.25) is 11.7 Å². The summed E-state index contributed by atoms with van der Waals surface area (Å²) in [5, 5.41) is 1.25. The molecule has 0 saturated carbocycles. The molecule has 0 fully saturated rings. The molecule has 0 aliphatic carbocycles. The molecule has 0 N–H and O–H groups in total. The van der Waals surface area contributed by atoms with E-state index in [0.717, 1.165) is 16.7 Å². The zero-order valence-electron chi connectivity index (χ0n) is 9.13. The van der Waals surface area contributed by atoms with E-state index in [2.05, 4.69) is 9.97 Å². The lowest BCUT2D eigenvalue weighted by Gasteiger charge is -2.09. The molecule has 5 heteroatoms. The highest BCUT2D eigenvalue weighted by molar-refractivity contribution is 6.34. The van der Waals surface area contributed by atoms with Crippen molar-refractivity contribution in [3.8, 4) is 0 Å². The first-order chi connectivity index (χ1) is 7.00. The minimum atomic E-state index is 0.443. The van der Waals surface area contributed by atoms with E-state index in [0.29, 0.717) is 16.8 Å². The minimum Gasteiger partial charge on any atom is -0.443 e. The Bertz CT molecular complexity index is 519. The Hall–Kier alpha value is -1.29. The molecule has 2 aromatic heterocycles. The number of hydrogen-bond donors (Lipinski definition) is 0. The van der Waals surface area contributed by atoms with Crippen molar-refractivity contribution in [2.24, 2.45) is 0 Å². The van der Waals surface area contributed by atoms with E-state index in [-0.39, 0.29) is 0 Å². The van der Waals surface area contributed by atoms with Gasteiger partial charge in [-0.2, -0.15) is 4.98 Å². The average Bonchev–Trinajstić information content (AvgIpc) is 2.42. The number of aromatic nitrogens is 2. The summed E-state index contributed by atoms with van der Waals surface area (Å²) < 4.78 is 5.51. The van der Waals surface area contributed by atoms with Gasteiger partial charge < -0.3 is 9.32 Å². The molecule has 2 rings (SSSR count). The lowest BCUT2D eigenvalue weighted by molar-refractivity contribution is 0.563. The van der Waals surface area contributed by atoms with Crippen molar-refractivity contribution in [1.29, 1.82) is 0 Å². The van der Waals surface area contributed by atoms with E-state index in [9.17, 15) is 0 Å². The van der Waals surface area contributed by atoms with E-state index in [1.807, 2.05) is 27.9 Å². The smallest absolute Gasteiger partial charge is 0.232 e. The summed E-state index contributed by atoms with van der Waals surface area (Å²) in [7, 11) is 3.72. The van der Waals surface area contributed by atoms with E-state index in [1.165, 1.54) is 0 Å². The summed E-state index contributed by atoms with van der Waals surface area (Å²) in [6.45, 7) is 3.84. The molecule has 0 bridgehead atoms. The van der Waals surface area contributed by atoms with Crippen molar-refractivity contribution < 1.29 is 4.42 Å². The average molecular weight is 226 g/mol. The van der Waals surface area contributed by atoms with Crippen molar-refractivity contribution in [2.45, 2.75) is 13.8 Å². The Morgan fingerprint density at radius 2 is 1.87 bits per heavy atom. The van der Waals surface area contributed by atoms with Crippen LogP contribution in [0.25, 0.3) is 11.1 Å². The van der Waals surface area contributed by atoms with Crippen LogP contribution >= 0.6 is 11.6 Å².